The number of fused-ring (bicyclic) bond motifs is 4. The number of unbranched alkanes of at least 4 members (excludes halogenated alkanes) is 1. The SMILES string of the molecule is C=c1c2cc(Cl)ccc2n2c(=O)c3ccc(N(C)CCO)cc3nc12.CCCC. The Labute approximate surface area is 174 Å². The van der Waals surface area contributed by atoms with Gasteiger partial charge in [-0.15, -0.1) is 0 Å². The van der Waals surface area contributed by atoms with Gasteiger partial charge in [0.15, 0.2) is 0 Å². The molecule has 0 unspecified atom stereocenters. The highest BCUT2D eigenvalue weighted by Crippen LogP contribution is 2.21. The molecule has 29 heavy (non-hydrogen) atoms. The Balaban J connectivity index is 0.000000552. The number of aliphatic hydroxyl groups is 1. The number of likely N-dealkylation sites (N-methyl/N-ethyl adjacent to an activating group) is 1. The molecule has 0 radical (unpaired) electrons. The molecular weight excluding hydrogens is 386 g/mol. The maximum Gasteiger partial charge on any atom is 0.266 e. The van der Waals surface area contributed by atoms with Gasteiger partial charge in [-0.05, 0) is 36.4 Å². The molecule has 0 fully saturated rings. The van der Waals surface area contributed by atoms with E-state index in [0.29, 0.717) is 33.3 Å². The lowest BCUT2D eigenvalue weighted by atomic mass is 10.2. The number of nitrogens with zero attached hydrogens (tertiary/aromatic N) is 3. The quantitative estimate of drug-likeness (QED) is 0.551. The smallest absolute Gasteiger partial charge is 0.266 e. The summed E-state index contributed by atoms with van der Waals surface area (Å²) in [7, 11) is 1.88. The summed E-state index contributed by atoms with van der Waals surface area (Å²) < 4.78 is 1.59. The Hall–Kier alpha value is -2.63. The van der Waals surface area contributed by atoms with Crippen molar-refractivity contribution in [2.45, 2.75) is 26.7 Å². The molecule has 0 atom stereocenters. The Morgan fingerprint density at radius 1 is 1.14 bits per heavy atom. The van der Waals surface area contributed by atoms with Gasteiger partial charge in [0.2, 0.25) is 0 Å². The zero-order chi connectivity index (χ0) is 21.1. The van der Waals surface area contributed by atoms with Crippen molar-refractivity contribution in [2.75, 3.05) is 25.1 Å². The molecule has 0 aliphatic heterocycles. The van der Waals surface area contributed by atoms with Crippen LogP contribution in [0.4, 0.5) is 5.69 Å². The monoisotopic (exact) mass is 411 g/mol. The second kappa shape index (κ2) is 8.80. The lowest BCUT2D eigenvalue weighted by Crippen LogP contribution is -2.21. The molecule has 0 saturated heterocycles. The van der Waals surface area contributed by atoms with Gasteiger partial charge < -0.3 is 10.0 Å². The van der Waals surface area contributed by atoms with Gasteiger partial charge in [-0.3, -0.25) is 9.20 Å². The van der Waals surface area contributed by atoms with Crippen molar-refractivity contribution >= 4 is 51.3 Å². The zero-order valence-electron chi connectivity index (χ0n) is 17.1. The first-order valence-corrected chi connectivity index (χ1v) is 10.2. The third kappa shape index (κ3) is 3.93. The summed E-state index contributed by atoms with van der Waals surface area (Å²) >= 11 is 6.09. The zero-order valence-corrected chi connectivity index (χ0v) is 17.8. The molecule has 5 nitrogen and oxygen atoms in total. The standard InChI is InChI=1S/C19H16ClN3O2.C4H10/c1-11-15-9-12(20)3-6-17(15)23-18(11)21-16-10-13(22(2)7-8-24)4-5-14(16)19(23)25;1-3-4-2/h3-6,9-10,24H,1,7-8H2,2H3;3-4H2,1-2H3. The van der Waals surface area contributed by atoms with Crippen molar-refractivity contribution in [3.05, 3.63) is 57.0 Å². The molecule has 1 N–H and O–H groups in total. The number of rotatable bonds is 4. The fraction of sp³-hybridized carbons (Fsp3) is 0.304. The van der Waals surface area contributed by atoms with E-state index in [9.17, 15) is 4.79 Å². The average molecular weight is 412 g/mol. The van der Waals surface area contributed by atoms with E-state index in [1.54, 1.807) is 22.6 Å². The lowest BCUT2D eigenvalue weighted by Gasteiger charge is -2.18. The van der Waals surface area contributed by atoms with E-state index in [1.165, 1.54) is 12.8 Å². The summed E-state index contributed by atoms with van der Waals surface area (Å²) in [5.41, 5.74) is 2.67. The van der Waals surface area contributed by atoms with Crippen LogP contribution in [0.2, 0.25) is 5.02 Å². The summed E-state index contributed by atoms with van der Waals surface area (Å²) in [5, 5.41) is 11.8. The van der Waals surface area contributed by atoms with Crippen LogP contribution in [0.25, 0.3) is 34.0 Å². The lowest BCUT2D eigenvalue weighted by molar-refractivity contribution is 0.304. The first-order chi connectivity index (χ1) is 13.9. The molecule has 2 aromatic carbocycles. The first-order valence-electron chi connectivity index (χ1n) is 9.81. The van der Waals surface area contributed by atoms with Crippen molar-refractivity contribution in [3.8, 4) is 0 Å². The molecule has 4 rings (SSSR count). The number of benzene rings is 2. The van der Waals surface area contributed by atoms with E-state index in [1.807, 2.05) is 30.1 Å². The van der Waals surface area contributed by atoms with Crippen molar-refractivity contribution < 1.29 is 5.11 Å². The maximum atomic E-state index is 13.0. The fourth-order valence-electron chi connectivity index (χ4n) is 3.18. The predicted octanol–water partition coefficient (Wildman–Crippen LogP) is 4.02. The third-order valence-corrected chi connectivity index (χ3v) is 5.26. The molecule has 0 spiro atoms. The number of aromatic nitrogens is 2. The summed E-state index contributed by atoms with van der Waals surface area (Å²) in [4.78, 5) is 19.6. The second-order valence-electron chi connectivity index (χ2n) is 7.06. The van der Waals surface area contributed by atoms with E-state index < -0.39 is 0 Å². The van der Waals surface area contributed by atoms with Gasteiger partial charge in [0.25, 0.3) is 5.56 Å². The summed E-state index contributed by atoms with van der Waals surface area (Å²) in [6.07, 6.45) is 2.64. The summed E-state index contributed by atoms with van der Waals surface area (Å²) in [6, 6.07) is 10.9. The molecule has 4 aromatic rings. The largest absolute Gasteiger partial charge is 0.395 e. The van der Waals surface area contributed by atoms with Crippen LogP contribution in [-0.4, -0.2) is 34.7 Å². The Bertz CT molecular complexity index is 1260. The predicted molar refractivity (Wildman–Crippen MR) is 123 cm³/mol. The van der Waals surface area contributed by atoms with Crippen LogP contribution >= 0.6 is 11.6 Å². The van der Waals surface area contributed by atoms with Crippen LogP contribution in [0, 0.1) is 0 Å². The van der Waals surface area contributed by atoms with Gasteiger partial charge in [-0.25, -0.2) is 4.98 Å². The molecule has 2 heterocycles. The van der Waals surface area contributed by atoms with E-state index in [2.05, 4.69) is 25.4 Å². The van der Waals surface area contributed by atoms with Gasteiger partial charge >= 0.3 is 0 Å². The molecule has 0 bridgehead atoms. The molecule has 0 amide bonds. The van der Waals surface area contributed by atoms with Crippen molar-refractivity contribution in [3.63, 3.8) is 0 Å². The molecule has 0 saturated carbocycles. The minimum Gasteiger partial charge on any atom is -0.395 e. The van der Waals surface area contributed by atoms with Gasteiger partial charge in [0, 0.05) is 34.9 Å². The Kier molecular flexibility index (Phi) is 6.40. The van der Waals surface area contributed by atoms with Gasteiger partial charge in [0.05, 0.1) is 23.0 Å². The maximum absolute atomic E-state index is 13.0. The summed E-state index contributed by atoms with van der Waals surface area (Å²) in [5.74, 6) is 0. The number of halogens is 1. The molecule has 152 valence electrons. The van der Waals surface area contributed by atoms with E-state index in [0.717, 1.165) is 16.6 Å². The van der Waals surface area contributed by atoms with E-state index in [-0.39, 0.29) is 12.2 Å². The number of aliphatic hydroxyl groups excluding tert-OH is 1. The minimum atomic E-state index is -0.126. The van der Waals surface area contributed by atoms with Crippen LogP contribution in [0.5, 0.6) is 0 Å². The highest BCUT2D eigenvalue weighted by Gasteiger charge is 2.14. The molecule has 6 heteroatoms. The topological polar surface area (TPSA) is 57.8 Å². The average Bonchev–Trinajstić information content (AvgIpc) is 3.00. The second-order valence-corrected chi connectivity index (χ2v) is 7.50. The molecule has 0 aliphatic rings. The minimum absolute atomic E-state index is 0.0572. The van der Waals surface area contributed by atoms with Crippen LogP contribution < -0.4 is 15.7 Å². The van der Waals surface area contributed by atoms with Gasteiger partial charge in [-0.2, -0.15) is 0 Å². The highest BCUT2D eigenvalue weighted by atomic mass is 35.5. The van der Waals surface area contributed by atoms with Gasteiger partial charge in [0.1, 0.15) is 5.65 Å². The molecule has 2 aromatic heterocycles. The number of hydrogen-bond donors (Lipinski definition) is 1. The number of anilines is 1. The number of hydrogen-bond acceptors (Lipinski definition) is 4. The normalized spacial score (nSPS) is 11.1. The Morgan fingerprint density at radius 3 is 2.52 bits per heavy atom. The van der Waals surface area contributed by atoms with Gasteiger partial charge in [-0.1, -0.05) is 44.9 Å². The first kappa shape index (κ1) is 21.1. The van der Waals surface area contributed by atoms with E-state index in [4.69, 9.17) is 16.7 Å². The fourth-order valence-corrected chi connectivity index (χ4v) is 3.35. The van der Waals surface area contributed by atoms with Crippen molar-refractivity contribution in [1.82, 2.24) is 9.38 Å². The Morgan fingerprint density at radius 2 is 1.86 bits per heavy atom. The van der Waals surface area contributed by atoms with Crippen LogP contribution in [0.3, 0.4) is 0 Å². The van der Waals surface area contributed by atoms with Crippen LogP contribution in [0.15, 0.2) is 41.2 Å². The molecular formula is C23H26ClN3O2. The van der Waals surface area contributed by atoms with E-state index >= 15 is 0 Å². The highest BCUT2D eigenvalue weighted by molar-refractivity contribution is 6.31. The van der Waals surface area contributed by atoms with Crippen LogP contribution in [-0.2, 0) is 0 Å². The molecule has 0 aliphatic carbocycles. The van der Waals surface area contributed by atoms with Crippen LogP contribution in [0.1, 0.15) is 26.7 Å². The third-order valence-electron chi connectivity index (χ3n) is 5.02. The van der Waals surface area contributed by atoms with Crippen molar-refractivity contribution in [1.29, 1.82) is 0 Å². The summed E-state index contributed by atoms with van der Waals surface area (Å²) in [6.45, 7) is 9.01. The van der Waals surface area contributed by atoms with Crippen molar-refractivity contribution in [2.24, 2.45) is 0 Å².